The predicted octanol–water partition coefficient (Wildman–Crippen LogP) is 0.651. The Morgan fingerprint density at radius 1 is 1.22 bits per heavy atom. The number of nitrogens with one attached hydrogen (secondary N) is 2. The van der Waals surface area contributed by atoms with E-state index in [2.05, 4.69) is 10.6 Å². The molecule has 0 radical (unpaired) electrons. The van der Waals surface area contributed by atoms with Crippen LogP contribution in [0.4, 0.5) is 5.69 Å². The fraction of sp³-hybridized carbons (Fsp3) is 0.385. The van der Waals surface area contributed by atoms with E-state index in [-0.39, 0.29) is 11.8 Å². The number of rotatable bonds is 4. The lowest BCUT2D eigenvalue weighted by Crippen LogP contribution is -2.45. The summed E-state index contributed by atoms with van der Waals surface area (Å²) in [5.41, 5.74) is 6.31. The first-order valence-electron chi connectivity index (χ1n) is 5.73. The number of carbonyl (C=O) groups excluding carboxylic acids is 2. The van der Waals surface area contributed by atoms with Crippen LogP contribution in [0.2, 0.25) is 0 Å². The molecule has 0 saturated carbocycles. The molecule has 0 atom stereocenters. The third kappa shape index (κ3) is 4.18. The van der Waals surface area contributed by atoms with Crippen molar-refractivity contribution in [1.82, 2.24) is 5.32 Å². The molecule has 0 aromatic heterocycles. The number of amides is 2. The van der Waals surface area contributed by atoms with Crippen molar-refractivity contribution in [2.45, 2.75) is 25.8 Å². The molecule has 0 aliphatic rings. The SMILES string of the molecule is CNC(=O)Cc1ccc(NC(=O)C(C)(C)N)cc1. The second-order valence-corrected chi connectivity index (χ2v) is 4.72. The van der Waals surface area contributed by atoms with Crippen LogP contribution in [-0.2, 0) is 16.0 Å². The number of carbonyl (C=O) groups is 2. The van der Waals surface area contributed by atoms with Gasteiger partial charge in [0.2, 0.25) is 11.8 Å². The van der Waals surface area contributed by atoms with Gasteiger partial charge >= 0.3 is 0 Å². The molecule has 0 aliphatic carbocycles. The quantitative estimate of drug-likeness (QED) is 0.732. The number of benzene rings is 1. The number of hydrogen-bond donors (Lipinski definition) is 3. The van der Waals surface area contributed by atoms with Crippen molar-refractivity contribution in [1.29, 1.82) is 0 Å². The fourth-order valence-corrected chi connectivity index (χ4v) is 1.27. The zero-order chi connectivity index (χ0) is 13.8. The molecule has 0 unspecified atom stereocenters. The summed E-state index contributed by atoms with van der Waals surface area (Å²) in [6, 6.07) is 7.10. The molecular formula is C13H19N3O2. The molecule has 5 heteroatoms. The number of nitrogens with two attached hydrogens (primary N) is 1. The minimum absolute atomic E-state index is 0.0464. The minimum Gasteiger partial charge on any atom is -0.359 e. The Morgan fingerprint density at radius 2 is 1.78 bits per heavy atom. The molecule has 1 rings (SSSR count). The van der Waals surface area contributed by atoms with E-state index >= 15 is 0 Å². The molecule has 18 heavy (non-hydrogen) atoms. The summed E-state index contributed by atoms with van der Waals surface area (Å²) >= 11 is 0. The predicted molar refractivity (Wildman–Crippen MR) is 71.1 cm³/mol. The highest BCUT2D eigenvalue weighted by Gasteiger charge is 2.21. The van der Waals surface area contributed by atoms with E-state index in [1.165, 1.54) is 0 Å². The third-order valence-electron chi connectivity index (χ3n) is 2.44. The highest BCUT2D eigenvalue weighted by atomic mass is 16.2. The average molecular weight is 249 g/mol. The molecule has 0 fully saturated rings. The summed E-state index contributed by atoms with van der Waals surface area (Å²) < 4.78 is 0. The van der Waals surface area contributed by atoms with Crippen molar-refractivity contribution < 1.29 is 9.59 Å². The van der Waals surface area contributed by atoms with E-state index in [4.69, 9.17) is 5.73 Å². The Kier molecular flexibility index (Phi) is 4.44. The van der Waals surface area contributed by atoms with Crippen LogP contribution in [0, 0.1) is 0 Å². The van der Waals surface area contributed by atoms with Gasteiger partial charge in [-0.3, -0.25) is 9.59 Å². The summed E-state index contributed by atoms with van der Waals surface area (Å²) in [5, 5.41) is 5.27. The van der Waals surface area contributed by atoms with Crippen molar-refractivity contribution >= 4 is 17.5 Å². The molecule has 0 heterocycles. The first kappa shape index (κ1) is 14.2. The van der Waals surface area contributed by atoms with Gasteiger partial charge in [-0.15, -0.1) is 0 Å². The topological polar surface area (TPSA) is 84.2 Å². The number of hydrogen-bond acceptors (Lipinski definition) is 3. The van der Waals surface area contributed by atoms with Crippen LogP contribution >= 0.6 is 0 Å². The van der Waals surface area contributed by atoms with Crippen molar-refractivity contribution in [3.8, 4) is 0 Å². The smallest absolute Gasteiger partial charge is 0.243 e. The maximum atomic E-state index is 11.6. The van der Waals surface area contributed by atoms with Crippen LogP contribution in [0.25, 0.3) is 0 Å². The second kappa shape index (κ2) is 5.64. The van der Waals surface area contributed by atoms with Crippen LogP contribution in [0.1, 0.15) is 19.4 Å². The van der Waals surface area contributed by atoms with Gasteiger partial charge in [0.1, 0.15) is 0 Å². The molecule has 0 spiro atoms. The Morgan fingerprint density at radius 3 is 2.22 bits per heavy atom. The maximum absolute atomic E-state index is 11.6. The number of anilines is 1. The Hall–Kier alpha value is -1.88. The number of likely N-dealkylation sites (N-methyl/N-ethyl adjacent to an activating group) is 1. The first-order chi connectivity index (χ1) is 8.32. The lowest BCUT2D eigenvalue weighted by molar-refractivity contribution is -0.120. The van der Waals surface area contributed by atoms with Gasteiger partial charge < -0.3 is 16.4 Å². The molecule has 98 valence electrons. The van der Waals surface area contributed by atoms with Gasteiger partial charge in [-0.25, -0.2) is 0 Å². The van der Waals surface area contributed by atoms with E-state index in [1.54, 1.807) is 45.2 Å². The highest BCUT2D eigenvalue weighted by molar-refractivity contribution is 5.97. The molecule has 1 aromatic carbocycles. The van der Waals surface area contributed by atoms with Crippen LogP contribution < -0.4 is 16.4 Å². The first-order valence-corrected chi connectivity index (χ1v) is 5.73. The molecule has 0 aliphatic heterocycles. The van der Waals surface area contributed by atoms with Crippen molar-refractivity contribution in [3.63, 3.8) is 0 Å². The average Bonchev–Trinajstić information content (AvgIpc) is 2.30. The van der Waals surface area contributed by atoms with Gasteiger partial charge in [-0.1, -0.05) is 12.1 Å². The standard InChI is InChI=1S/C13H19N3O2/c1-13(2,14)12(18)16-10-6-4-9(5-7-10)8-11(17)15-3/h4-7H,8,14H2,1-3H3,(H,15,17)(H,16,18). The lowest BCUT2D eigenvalue weighted by atomic mass is 10.1. The molecule has 2 amide bonds. The van der Waals surface area contributed by atoms with E-state index in [9.17, 15) is 9.59 Å². The van der Waals surface area contributed by atoms with Crippen LogP contribution in [0.15, 0.2) is 24.3 Å². The second-order valence-electron chi connectivity index (χ2n) is 4.72. The Labute approximate surface area is 107 Å². The fourth-order valence-electron chi connectivity index (χ4n) is 1.27. The Balaban J connectivity index is 2.66. The van der Waals surface area contributed by atoms with Gasteiger partial charge in [0, 0.05) is 12.7 Å². The van der Waals surface area contributed by atoms with Crippen LogP contribution in [-0.4, -0.2) is 24.4 Å². The summed E-state index contributed by atoms with van der Waals surface area (Å²) in [4.78, 5) is 22.8. The minimum atomic E-state index is -0.916. The normalized spacial score (nSPS) is 10.9. The zero-order valence-electron chi connectivity index (χ0n) is 10.9. The molecule has 0 bridgehead atoms. The van der Waals surface area contributed by atoms with Gasteiger partial charge in [0.05, 0.1) is 12.0 Å². The largest absolute Gasteiger partial charge is 0.359 e. The van der Waals surface area contributed by atoms with Crippen molar-refractivity contribution in [2.24, 2.45) is 5.73 Å². The zero-order valence-corrected chi connectivity index (χ0v) is 10.9. The molecule has 0 saturated heterocycles. The van der Waals surface area contributed by atoms with Crippen molar-refractivity contribution in [3.05, 3.63) is 29.8 Å². The molecular weight excluding hydrogens is 230 g/mol. The van der Waals surface area contributed by atoms with Gasteiger partial charge in [0.15, 0.2) is 0 Å². The van der Waals surface area contributed by atoms with E-state index in [0.29, 0.717) is 12.1 Å². The lowest BCUT2D eigenvalue weighted by Gasteiger charge is -2.17. The van der Waals surface area contributed by atoms with E-state index in [0.717, 1.165) is 5.56 Å². The van der Waals surface area contributed by atoms with Crippen molar-refractivity contribution in [2.75, 3.05) is 12.4 Å². The summed E-state index contributed by atoms with van der Waals surface area (Å²) in [7, 11) is 1.60. The summed E-state index contributed by atoms with van der Waals surface area (Å²) in [6.45, 7) is 3.28. The van der Waals surface area contributed by atoms with Gasteiger partial charge in [-0.05, 0) is 31.5 Å². The van der Waals surface area contributed by atoms with Crippen LogP contribution in [0.3, 0.4) is 0 Å². The Bertz CT molecular complexity index is 433. The maximum Gasteiger partial charge on any atom is 0.243 e. The van der Waals surface area contributed by atoms with E-state index in [1.807, 2.05) is 0 Å². The van der Waals surface area contributed by atoms with Gasteiger partial charge in [0.25, 0.3) is 0 Å². The third-order valence-corrected chi connectivity index (χ3v) is 2.44. The van der Waals surface area contributed by atoms with Gasteiger partial charge in [-0.2, -0.15) is 0 Å². The van der Waals surface area contributed by atoms with E-state index < -0.39 is 5.54 Å². The summed E-state index contributed by atoms with van der Waals surface area (Å²) in [6.07, 6.45) is 0.326. The summed E-state index contributed by atoms with van der Waals surface area (Å²) in [5.74, 6) is -0.295. The molecule has 1 aromatic rings. The van der Waals surface area contributed by atoms with Crippen LogP contribution in [0.5, 0.6) is 0 Å². The highest BCUT2D eigenvalue weighted by Crippen LogP contribution is 2.12. The molecule has 4 N–H and O–H groups in total. The monoisotopic (exact) mass is 249 g/mol. The molecule has 5 nitrogen and oxygen atoms in total.